The first kappa shape index (κ1) is 17.2. The molecule has 0 aromatic carbocycles. The van der Waals surface area contributed by atoms with Gasteiger partial charge in [0, 0.05) is 31.6 Å². The molecule has 2 aromatic rings. The maximum Gasteiger partial charge on any atom is 0.327 e. The second-order valence-corrected chi connectivity index (χ2v) is 8.21. The average Bonchev–Trinajstić information content (AvgIpc) is 3.39. The average molecular weight is 390 g/mol. The van der Waals surface area contributed by atoms with E-state index in [1.165, 1.54) is 23.3 Å². The van der Waals surface area contributed by atoms with E-state index in [9.17, 15) is 14.4 Å². The van der Waals surface area contributed by atoms with Gasteiger partial charge < -0.3 is 9.80 Å². The van der Waals surface area contributed by atoms with Crippen LogP contribution in [-0.2, 0) is 4.79 Å². The van der Waals surface area contributed by atoms with Crippen LogP contribution in [0.3, 0.4) is 0 Å². The molecule has 9 heteroatoms. The predicted molar refractivity (Wildman–Crippen MR) is 99.2 cm³/mol. The zero-order valence-corrected chi connectivity index (χ0v) is 15.9. The predicted octanol–water partition coefficient (Wildman–Crippen LogP) is 2.37. The molecule has 0 spiro atoms. The van der Waals surface area contributed by atoms with Crippen LogP contribution >= 0.6 is 22.7 Å². The monoisotopic (exact) mass is 390 g/mol. The van der Waals surface area contributed by atoms with Crippen molar-refractivity contribution in [3.05, 3.63) is 27.9 Å². The van der Waals surface area contributed by atoms with Crippen molar-refractivity contribution in [2.75, 3.05) is 26.7 Å². The molecule has 136 valence electrons. The molecule has 7 nitrogen and oxygen atoms in total. The SMILES string of the molecule is CN1C(=O)CN(C2CCN(C(=O)c3nc(-c4cccs4)cs3)CC2)C1=O. The molecule has 0 unspecified atom stereocenters. The van der Waals surface area contributed by atoms with E-state index in [0.717, 1.165) is 10.6 Å². The summed E-state index contributed by atoms with van der Waals surface area (Å²) in [5, 5.41) is 4.40. The lowest BCUT2D eigenvalue weighted by Gasteiger charge is -2.35. The summed E-state index contributed by atoms with van der Waals surface area (Å²) in [6, 6.07) is 3.73. The molecule has 0 saturated carbocycles. The maximum atomic E-state index is 12.7. The molecule has 0 radical (unpaired) electrons. The summed E-state index contributed by atoms with van der Waals surface area (Å²) in [7, 11) is 1.51. The van der Waals surface area contributed by atoms with Crippen LogP contribution in [0.5, 0.6) is 0 Å². The number of likely N-dealkylation sites (N-methyl/N-ethyl adjacent to an activating group) is 1. The Morgan fingerprint density at radius 3 is 2.62 bits per heavy atom. The number of urea groups is 1. The number of carbonyl (C=O) groups excluding carboxylic acids is 3. The first-order valence-corrected chi connectivity index (χ1v) is 10.2. The lowest BCUT2D eigenvalue weighted by atomic mass is 10.0. The van der Waals surface area contributed by atoms with Gasteiger partial charge in [0.15, 0.2) is 5.01 Å². The number of hydrogen-bond acceptors (Lipinski definition) is 6. The third-order valence-corrected chi connectivity index (χ3v) is 6.59. The zero-order chi connectivity index (χ0) is 18.3. The fourth-order valence-electron chi connectivity index (χ4n) is 3.33. The van der Waals surface area contributed by atoms with Crippen molar-refractivity contribution < 1.29 is 14.4 Å². The molecule has 2 aromatic heterocycles. The van der Waals surface area contributed by atoms with Crippen LogP contribution in [0.15, 0.2) is 22.9 Å². The van der Waals surface area contributed by atoms with Crippen molar-refractivity contribution >= 4 is 40.5 Å². The van der Waals surface area contributed by atoms with Crippen molar-refractivity contribution in [1.82, 2.24) is 19.7 Å². The van der Waals surface area contributed by atoms with Gasteiger partial charge in [0.2, 0.25) is 5.91 Å². The Bertz CT molecular complexity index is 840. The molecule has 0 N–H and O–H groups in total. The van der Waals surface area contributed by atoms with Gasteiger partial charge >= 0.3 is 6.03 Å². The third-order valence-electron chi connectivity index (χ3n) is 4.87. The lowest BCUT2D eigenvalue weighted by molar-refractivity contribution is -0.124. The van der Waals surface area contributed by atoms with Crippen LogP contribution in [0.2, 0.25) is 0 Å². The second-order valence-electron chi connectivity index (χ2n) is 6.40. The van der Waals surface area contributed by atoms with E-state index in [0.29, 0.717) is 30.9 Å². The molecule has 2 aliphatic heterocycles. The van der Waals surface area contributed by atoms with Crippen LogP contribution in [-0.4, -0.2) is 70.3 Å². The highest BCUT2D eigenvalue weighted by Crippen LogP contribution is 2.28. The number of piperidine rings is 1. The van der Waals surface area contributed by atoms with Gasteiger partial charge in [-0.2, -0.15) is 0 Å². The highest BCUT2D eigenvalue weighted by atomic mass is 32.1. The molecule has 2 fully saturated rings. The van der Waals surface area contributed by atoms with Gasteiger partial charge in [0.1, 0.15) is 6.54 Å². The van der Waals surface area contributed by atoms with E-state index >= 15 is 0 Å². The van der Waals surface area contributed by atoms with E-state index < -0.39 is 0 Å². The molecule has 0 atom stereocenters. The quantitative estimate of drug-likeness (QED) is 0.754. The number of carbonyl (C=O) groups is 3. The first-order chi connectivity index (χ1) is 12.5. The summed E-state index contributed by atoms with van der Waals surface area (Å²) in [5.74, 6) is -0.227. The fourth-order valence-corrected chi connectivity index (χ4v) is 4.87. The van der Waals surface area contributed by atoms with Gasteiger partial charge in [-0.05, 0) is 24.3 Å². The maximum absolute atomic E-state index is 12.7. The molecule has 2 saturated heterocycles. The Kier molecular flexibility index (Phi) is 4.49. The molecular formula is C17H18N4O3S2. The number of hydrogen-bond donors (Lipinski definition) is 0. The van der Waals surface area contributed by atoms with Crippen molar-refractivity contribution in [3.63, 3.8) is 0 Å². The summed E-state index contributed by atoms with van der Waals surface area (Å²) in [4.78, 5) is 46.6. The Morgan fingerprint density at radius 2 is 2.00 bits per heavy atom. The Labute approximate surface area is 158 Å². The molecule has 0 aliphatic carbocycles. The molecule has 2 aliphatic rings. The van der Waals surface area contributed by atoms with Crippen molar-refractivity contribution in [3.8, 4) is 10.6 Å². The number of nitrogens with zero attached hydrogens (tertiary/aromatic N) is 4. The molecule has 4 rings (SSSR count). The standard InChI is InChI=1S/C17H18N4O3S2/c1-19-14(22)9-21(17(19)24)11-4-6-20(7-5-11)16(23)15-18-12(10-26-15)13-3-2-8-25-13/h2-3,8,10-11H,4-7,9H2,1H3. The topological polar surface area (TPSA) is 73.8 Å². The Balaban J connectivity index is 1.38. The largest absolute Gasteiger partial charge is 0.336 e. The Morgan fingerprint density at radius 1 is 1.23 bits per heavy atom. The summed E-state index contributed by atoms with van der Waals surface area (Å²) < 4.78 is 0. The van der Waals surface area contributed by atoms with Gasteiger partial charge in [0.05, 0.1) is 10.6 Å². The van der Waals surface area contributed by atoms with Crippen LogP contribution in [0, 0.1) is 0 Å². The van der Waals surface area contributed by atoms with E-state index in [4.69, 9.17) is 0 Å². The normalized spacial score (nSPS) is 18.9. The Hall–Kier alpha value is -2.26. The van der Waals surface area contributed by atoms with Gasteiger partial charge in [-0.25, -0.2) is 9.78 Å². The minimum absolute atomic E-state index is 0.0124. The number of thiophene rings is 1. The van der Waals surface area contributed by atoms with E-state index in [2.05, 4.69) is 4.98 Å². The molecule has 26 heavy (non-hydrogen) atoms. The highest BCUT2D eigenvalue weighted by Gasteiger charge is 2.39. The van der Waals surface area contributed by atoms with E-state index in [1.54, 1.807) is 21.1 Å². The van der Waals surface area contributed by atoms with Crippen LogP contribution in [0.25, 0.3) is 10.6 Å². The van der Waals surface area contributed by atoms with Crippen molar-refractivity contribution in [2.24, 2.45) is 0 Å². The van der Waals surface area contributed by atoms with Crippen LogP contribution in [0.4, 0.5) is 4.79 Å². The van der Waals surface area contributed by atoms with E-state index in [1.807, 2.05) is 22.9 Å². The number of amides is 4. The summed E-state index contributed by atoms with van der Waals surface area (Å²) in [5.41, 5.74) is 0.840. The third kappa shape index (κ3) is 3.01. The van der Waals surface area contributed by atoms with Gasteiger partial charge in [0.25, 0.3) is 5.91 Å². The first-order valence-electron chi connectivity index (χ1n) is 8.40. The number of likely N-dealkylation sites (tertiary alicyclic amines) is 1. The fraction of sp³-hybridized carbons (Fsp3) is 0.412. The lowest BCUT2D eigenvalue weighted by Crippen LogP contribution is -2.47. The minimum atomic E-state index is -0.236. The molecule has 4 amide bonds. The number of rotatable bonds is 3. The minimum Gasteiger partial charge on any atom is -0.336 e. The molecular weight excluding hydrogens is 372 g/mol. The van der Waals surface area contributed by atoms with Crippen molar-refractivity contribution in [1.29, 1.82) is 0 Å². The van der Waals surface area contributed by atoms with Gasteiger partial charge in [-0.1, -0.05) is 6.07 Å². The van der Waals surface area contributed by atoms with Crippen LogP contribution < -0.4 is 0 Å². The number of imide groups is 1. The smallest absolute Gasteiger partial charge is 0.327 e. The molecule has 0 bridgehead atoms. The summed E-state index contributed by atoms with van der Waals surface area (Å²) >= 11 is 2.97. The van der Waals surface area contributed by atoms with Gasteiger partial charge in [-0.15, -0.1) is 22.7 Å². The van der Waals surface area contributed by atoms with Gasteiger partial charge in [-0.3, -0.25) is 14.5 Å². The number of thiazole rings is 1. The number of aromatic nitrogens is 1. The highest BCUT2D eigenvalue weighted by molar-refractivity contribution is 7.15. The van der Waals surface area contributed by atoms with E-state index in [-0.39, 0.29) is 30.4 Å². The zero-order valence-electron chi connectivity index (χ0n) is 14.3. The summed E-state index contributed by atoms with van der Waals surface area (Å²) in [6.45, 7) is 1.28. The van der Waals surface area contributed by atoms with Crippen molar-refractivity contribution in [2.45, 2.75) is 18.9 Å². The van der Waals surface area contributed by atoms with Crippen LogP contribution in [0.1, 0.15) is 22.6 Å². The summed E-state index contributed by atoms with van der Waals surface area (Å²) in [6.07, 6.45) is 1.36. The molecule has 4 heterocycles. The second kappa shape index (κ2) is 6.81.